The molecular weight excluding hydrogens is 354 g/mol. The van der Waals surface area contributed by atoms with Crippen LogP contribution in [0.4, 0.5) is 0 Å². The number of fused-ring (bicyclic) bond motifs is 1. The fourth-order valence-corrected chi connectivity index (χ4v) is 5.49. The first kappa shape index (κ1) is 19.2. The average Bonchev–Trinajstić information content (AvgIpc) is 2.67. The van der Waals surface area contributed by atoms with Crippen molar-refractivity contribution in [2.24, 2.45) is 5.92 Å². The van der Waals surface area contributed by atoms with E-state index in [9.17, 15) is 13.2 Å². The lowest BCUT2D eigenvalue weighted by Crippen LogP contribution is -2.40. The minimum absolute atomic E-state index is 0.216. The number of aryl methyl sites for hydroxylation is 2. The highest BCUT2D eigenvalue weighted by atomic mass is 32.2. The van der Waals surface area contributed by atoms with Crippen LogP contribution in [0, 0.1) is 5.92 Å². The number of carbonyl (C=O) groups excluding carboxylic acids is 1. The summed E-state index contributed by atoms with van der Waals surface area (Å²) < 4.78 is 38.3. The molecule has 6 nitrogen and oxygen atoms in total. The van der Waals surface area contributed by atoms with Crippen molar-refractivity contribution in [3.63, 3.8) is 0 Å². The van der Waals surface area contributed by atoms with Crippen LogP contribution in [0.3, 0.4) is 0 Å². The Morgan fingerprint density at radius 1 is 1.15 bits per heavy atom. The van der Waals surface area contributed by atoms with Crippen LogP contribution < -0.4 is 4.74 Å². The molecule has 1 aromatic rings. The molecule has 0 amide bonds. The first-order valence-electron chi connectivity index (χ1n) is 9.34. The summed E-state index contributed by atoms with van der Waals surface area (Å²) in [7, 11) is -2.13. The van der Waals surface area contributed by atoms with Crippen LogP contribution in [-0.4, -0.2) is 45.5 Å². The average molecular weight is 381 g/mol. The fraction of sp³-hybridized carbons (Fsp3) is 0.632. The van der Waals surface area contributed by atoms with Gasteiger partial charge in [0.15, 0.2) is 0 Å². The van der Waals surface area contributed by atoms with Crippen molar-refractivity contribution in [2.45, 2.75) is 50.3 Å². The van der Waals surface area contributed by atoms with Crippen molar-refractivity contribution in [3.8, 4) is 5.75 Å². The predicted molar refractivity (Wildman–Crippen MR) is 97.8 cm³/mol. The lowest BCUT2D eigenvalue weighted by molar-refractivity contribution is -0.149. The summed E-state index contributed by atoms with van der Waals surface area (Å²) in [5, 5.41) is 0. The van der Waals surface area contributed by atoms with Crippen LogP contribution in [0.15, 0.2) is 17.0 Å². The monoisotopic (exact) mass is 381 g/mol. The molecule has 0 N–H and O–H groups in total. The van der Waals surface area contributed by atoms with Gasteiger partial charge in [-0.25, -0.2) is 8.42 Å². The van der Waals surface area contributed by atoms with Crippen LogP contribution in [0.1, 0.15) is 43.7 Å². The van der Waals surface area contributed by atoms with Gasteiger partial charge >= 0.3 is 5.97 Å². The van der Waals surface area contributed by atoms with Crippen LogP contribution in [0.25, 0.3) is 0 Å². The molecule has 0 radical (unpaired) electrons. The fourth-order valence-electron chi connectivity index (χ4n) is 3.83. The van der Waals surface area contributed by atoms with Gasteiger partial charge < -0.3 is 9.47 Å². The highest BCUT2D eigenvalue weighted by Gasteiger charge is 2.34. The molecule has 0 unspecified atom stereocenters. The van der Waals surface area contributed by atoms with Crippen molar-refractivity contribution in [2.75, 3.05) is 26.8 Å². The summed E-state index contributed by atoms with van der Waals surface area (Å²) in [5.74, 6) is -0.0269. The van der Waals surface area contributed by atoms with Gasteiger partial charge in [0.05, 0.1) is 19.6 Å². The zero-order valence-corrected chi connectivity index (χ0v) is 16.3. The van der Waals surface area contributed by atoms with Crippen molar-refractivity contribution < 1.29 is 22.7 Å². The Hall–Kier alpha value is -1.60. The quantitative estimate of drug-likeness (QED) is 0.733. The molecule has 0 spiro atoms. The molecule has 1 aliphatic heterocycles. The highest BCUT2D eigenvalue weighted by molar-refractivity contribution is 7.89. The SMILES string of the molecule is CCOC(=O)C1CCN(S(=O)(=O)c2cc3c(cc2OC)CCCC3)CC1. The maximum atomic E-state index is 13.2. The van der Waals surface area contributed by atoms with E-state index in [1.54, 1.807) is 13.0 Å². The number of nitrogens with zero attached hydrogens (tertiary/aromatic N) is 1. The Labute approximate surface area is 155 Å². The molecule has 0 saturated carbocycles. The van der Waals surface area contributed by atoms with Gasteiger partial charge in [0.1, 0.15) is 10.6 Å². The molecule has 1 saturated heterocycles. The lowest BCUT2D eigenvalue weighted by atomic mass is 9.92. The number of rotatable bonds is 5. The van der Waals surface area contributed by atoms with Crippen LogP contribution in [-0.2, 0) is 32.4 Å². The van der Waals surface area contributed by atoms with Gasteiger partial charge in [0.25, 0.3) is 0 Å². The molecule has 2 aliphatic rings. The summed E-state index contributed by atoms with van der Waals surface area (Å²) in [6, 6.07) is 3.67. The minimum Gasteiger partial charge on any atom is -0.495 e. The zero-order valence-electron chi connectivity index (χ0n) is 15.5. The summed E-state index contributed by atoms with van der Waals surface area (Å²) in [6.45, 7) is 2.78. The number of sulfonamides is 1. The van der Waals surface area contributed by atoms with Crippen molar-refractivity contribution in [1.29, 1.82) is 0 Å². The summed E-state index contributed by atoms with van der Waals surface area (Å²) in [4.78, 5) is 12.1. The van der Waals surface area contributed by atoms with E-state index in [4.69, 9.17) is 9.47 Å². The molecule has 26 heavy (non-hydrogen) atoms. The van der Waals surface area contributed by atoms with Gasteiger partial charge in [-0.1, -0.05) is 0 Å². The Morgan fingerprint density at radius 3 is 2.35 bits per heavy atom. The molecule has 1 fully saturated rings. The first-order valence-corrected chi connectivity index (χ1v) is 10.8. The minimum atomic E-state index is -3.64. The zero-order chi connectivity index (χ0) is 18.7. The van der Waals surface area contributed by atoms with Gasteiger partial charge in [0.2, 0.25) is 10.0 Å². The number of piperidine rings is 1. The van der Waals surface area contributed by atoms with Crippen LogP contribution >= 0.6 is 0 Å². The maximum absolute atomic E-state index is 13.2. The molecule has 1 heterocycles. The Balaban J connectivity index is 1.82. The molecule has 0 bridgehead atoms. The Kier molecular flexibility index (Phi) is 5.87. The molecule has 1 aromatic carbocycles. The maximum Gasteiger partial charge on any atom is 0.309 e. The standard InChI is InChI=1S/C19H27NO5S/c1-3-25-19(21)14-8-10-20(11-9-14)26(22,23)18-13-16-7-5-4-6-15(16)12-17(18)24-2/h12-14H,3-11H2,1-2H3. The number of hydrogen-bond donors (Lipinski definition) is 0. The second-order valence-electron chi connectivity index (χ2n) is 6.91. The number of benzene rings is 1. The smallest absolute Gasteiger partial charge is 0.309 e. The van der Waals surface area contributed by atoms with E-state index < -0.39 is 10.0 Å². The third kappa shape index (κ3) is 3.74. The van der Waals surface area contributed by atoms with E-state index in [1.165, 1.54) is 17.0 Å². The number of ether oxygens (including phenoxy) is 2. The van der Waals surface area contributed by atoms with Crippen molar-refractivity contribution in [3.05, 3.63) is 23.3 Å². The van der Waals surface area contributed by atoms with E-state index in [2.05, 4.69) is 0 Å². The summed E-state index contributed by atoms with van der Waals surface area (Å²) >= 11 is 0. The Morgan fingerprint density at radius 2 is 1.77 bits per heavy atom. The second-order valence-corrected chi connectivity index (χ2v) is 8.82. The second kappa shape index (κ2) is 7.96. The summed E-state index contributed by atoms with van der Waals surface area (Å²) in [5.41, 5.74) is 2.30. The van der Waals surface area contributed by atoms with E-state index in [1.807, 2.05) is 6.07 Å². The van der Waals surface area contributed by atoms with Crippen molar-refractivity contribution in [1.82, 2.24) is 4.31 Å². The number of methoxy groups -OCH3 is 1. The molecule has 144 valence electrons. The lowest BCUT2D eigenvalue weighted by Gasteiger charge is -2.31. The molecule has 1 aliphatic carbocycles. The molecule has 7 heteroatoms. The highest BCUT2D eigenvalue weighted by Crippen LogP contribution is 2.34. The molecular formula is C19H27NO5S. The van der Waals surface area contributed by atoms with E-state index in [0.29, 0.717) is 38.3 Å². The number of carbonyl (C=O) groups is 1. The molecule has 3 rings (SSSR count). The van der Waals surface area contributed by atoms with E-state index in [-0.39, 0.29) is 16.8 Å². The summed E-state index contributed by atoms with van der Waals surface area (Å²) in [6.07, 6.45) is 5.08. The van der Waals surface area contributed by atoms with Gasteiger partial charge in [-0.3, -0.25) is 4.79 Å². The third-order valence-electron chi connectivity index (χ3n) is 5.32. The number of hydrogen-bond acceptors (Lipinski definition) is 5. The van der Waals surface area contributed by atoms with E-state index in [0.717, 1.165) is 31.2 Å². The number of esters is 1. The van der Waals surface area contributed by atoms with Gasteiger partial charge in [-0.15, -0.1) is 0 Å². The normalized spacial score (nSPS) is 19.0. The predicted octanol–water partition coefficient (Wildman–Crippen LogP) is 2.54. The topological polar surface area (TPSA) is 72.9 Å². The van der Waals surface area contributed by atoms with E-state index >= 15 is 0 Å². The van der Waals surface area contributed by atoms with Crippen LogP contribution in [0.2, 0.25) is 0 Å². The molecule has 0 atom stereocenters. The van der Waals surface area contributed by atoms with Gasteiger partial charge in [0, 0.05) is 13.1 Å². The van der Waals surface area contributed by atoms with Crippen LogP contribution in [0.5, 0.6) is 5.75 Å². The van der Waals surface area contributed by atoms with Crippen molar-refractivity contribution >= 4 is 16.0 Å². The largest absolute Gasteiger partial charge is 0.495 e. The third-order valence-corrected chi connectivity index (χ3v) is 7.24. The molecule has 0 aromatic heterocycles. The van der Waals surface area contributed by atoms with Gasteiger partial charge in [-0.05, 0) is 68.7 Å². The van der Waals surface area contributed by atoms with Gasteiger partial charge in [-0.2, -0.15) is 4.31 Å². The Bertz CT molecular complexity index is 766. The first-order chi connectivity index (χ1) is 12.5.